The number of nitrogens with one attached hydrogen (secondary N) is 1. The molecule has 1 N–H and O–H groups in total. The van der Waals surface area contributed by atoms with Crippen LogP contribution in [0.15, 0.2) is 24.3 Å². The third-order valence-electron chi connectivity index (χ3n) is 5.10. The lowest BCUT2D eigenvalue weighted by atomic mass is 10.2. The van der Waals surface area contributed by atoms with Crippen molar-refractivity contribution < 1.29 is 14.3 Å². The van der Waals surface area contributed by atoms with Crippen LogP contribution in [0.4, 0.5) is 4.79 Å². The molecule has 2 saturated heterocycles. The summed E-state index contributed by atoms with van der Waals surface area (Å²) in [6.07, 6.45) is 5.10. The van der Waals surface area contributed by atoms with E-state index in [-0.39, 0.29) is 18.0 Å². The van der Waals surface area contributed by atoms with Crippen molar-refractivity contribution in [3.8, 4) is 5.75 Å². The predicted octanol–water partition coefficient (Wildman–Crippen LogP) is 2.89. The van der Waals surface area contributed by atoms with Crippen LogP contribution in [0, 0.1) is 0 Å². The lowest BCUT2D eigenvalue weighted by molar-refractivity contribution is 0.0792. The first-order valence-electron chi connectivity index (χ1n) is 9.75. The number of likely N-dealkylation sites (tertiary alicyclic amines) is 2. The molecule has 2 heterocycles. The van der Waals surface area contributed by atoms with E-state index in [0.717, 1.165) is 57.5 Å². The van der Waals surface area contributed by atoms with Gasteiger partial charge in [-0.25, -0.2) is 4.79 Å². The first-order chi connectivity index (χ1) is 12.7. The number of rotatable bonds is 6. The Labute approximate surface area is 155 Å². The fraction of sp³-hybridized carbons (Fsp3) is 0.600. The zero-order valence-electron chi connectivity index (χ0n) is 15.6. The fourth-order valence-electron chi connectivity index (χ4n) is 3.60. The molecule has 2 fully saturated rings. The Bertz CT molecular complexity index is 611. The van der Waals surface area contributed by atoms with Crippen LogP contribution in [0.25, 0.3) is 0 Å². The maximum atomic E-state index is 12.4. The van der Waals surface area contributed by atoms with E-state index < -0.39 is 0 Å². The number of amides is 3. The van der Waals surface area contributed by atoms with E-state index >= 15 is 0 Å². The van der Waals surface area contributed by atoms with Crippen LogP contribution in [0.2, 0.25) is 0 Å². The zero-order chi connectivity index (χ0) is 18.4. The van der Waals surface area contributed by atoms with Crippen LogP contribution in [0.5, 0.6) is 5.75 Å². The van der Waals surface area contributed by atoms with E-state index in [1.54, 1.807) is 0 Å². The molecule has 142 valence electrons. The van der Waals surface area contributed by atoms with Crippen molar-refractivity contribution in [3.05, 3.63) is 29.8 Å². The Morgan fingerprint density at radius 3 is 2.54 bits per heavy atom. The standard InChI is InChI=1S/C20H29N3O3/c1-2-11-21-20(25)23-14-5-6-17(23)15-26-18-9-7-16(8-10-18)19(24)22-12-3-4-13-22/h7-10,17H,2-6,11-15H2,1H3,(H,21,25). The summed E-state index contributed by atoms with van der Waals surface area (Å²) in [5, 5.41) is 2.94. The summed E-state index contributed by atoms with van der Waals surface area (Å²) in [4.78, 5) is 28.3. The number of ether oxygens (including phenoxy) is 1. The molecule has 0 radical (unpaired) electrons. The van der Waals surface area contributed by atoms with E-state index in [1.165, 1.54) is 0 Å². The predicted molar refractivity (Wildman–Crippen MR) is 100 cm³/mol. The van der Waals surface area contributed by atoms with Gasteiger partial charge in [-0.3, -0.25) is 4.79 Å². The van der Waals surface area contributed by atoms with Crippen LogP contribution >= 0.6 is 0 Å². The summed E-state index contributed by atoms with van der Waals surface area (Å²) in [5.74, 6) is 0.840. The van der Waals surface area contributed by atoms with Crippen molar-refractivity contribution in [1.82, 2.24) is 15.1 Å². The molecule has 2 aliphatic rings. The maximum absolute atomic E-state index is 12.4. The summed E-state index contributed by atoms with van der Waals surface area (Å²) in [6.45, 7) is 5.73. The highest BCUT2D eigenvalue weighted by Gasteiger charge is 2.29. The van der Waals surface area contributed by atoms with Gasteiger partial charge in [-0.15, -0.1) is 0 Å². The third-order valence-corrected chi connectivity index (χ3v) is 5.10. The second-order valence-electron chi connectivity index (χ2n) is 7.06. The Morgan fingerprint density at radius 1 is 1.12 bits per heavy atom. The molecule has 2 aliphatic heterocycles. The molecular weight excluding hydrogens is 330 g/mol. The SMILES string of the molecule is CCCNC(=O)N1CCCC1COc1ccc(C(=O)N2CCCC2)cc1. The van der Waals surface area contributed by atoms with Crippen LogP contribution in [-0.2, 0) is 0 Å². The van der Waals surface area contributed by atoms with E-state index in [0.29, 0.717) is 18.7 Å². The monoisotopic (exact) mass is 359 g/mol. The molecule has 0 spiro atoms. The van der Waals surface area contributed by atoms with Gasteiger partial charge >= 0.3 is 6.03 Å². The number of urea groups is 1. The van der Waals surface area contributed by atoms with Gasteiger partial charge in [0, 0.05) is 31.7 Å². The molecule has 0 aliphatic carbocycles. The van der Waals surface area contributed by atoms with Gasteiger partial charge in [0.05, 0.1) is 6.04 Å². The van der Waals surface area contributed by atoms with Gasteiger partial charge in [-0.2, -0.15) is 0 Å². The smallest absolute Gasteiger partial charge is 0.317 e. The summed E-state index contributed by atoms with van der Waals surface area (Å²) < 4.78 is 5.89. The van der Waals surface area contributed by atoms with Crippen molar-refractivity contribution >= 4 is 11.9 Å². The Kier molecular flexibility index (Phi) is 6.36. The first kappa shape index (κ1) is 18.5. The lowest BCUT2D eigenvalue weighted by Crippen LogP contribution is -2.45. The highest BCUT2D eigenvalue weighted by molar-refractivity contribution is 5.94. The minimum atomic E-state index is 0.00417. The van der Waals surface area contributed by atoms with Gasteiger partial charge in [0.1, 0.15) is 12.4 Å². The van der Waals surface area contributed by atoms with Crippen molar-refractivity contribution in [2.45, 2.75) is 45.1 Å². The van der Waals surface area contributed by atoms with Gasteiger partial charge in [0.15, 0.2) is 0 Å². The van der Waals surface area contributed by atoms with Crippen LogP contribution in [0.3, 0.4) is 0 Å². The maximum Gasteiger partial charge on any atom is 0.317 e. The molecular formula is C20H29N3O3. The van der Waals surface area contributed by atoms with E-state index in [2.05, 4.69) is 5.32 Å². The average molecular weight is 359 g/mol. The molecule has 1 aromatic carbocycles. The van der Waals surface area contributed by atoms with Gasteiger partial charge in [0.25, 0.3) is 5.91 Å². The van der Waals surface area contributed by atoms with Gasteiger partial charge in [-0.05, 0) is 56.4 Å². The third kappa shape index (κ3) is 4.48. The van der Waals surface area contributed by atoms with E-state index in [9.17, 15) is 9.59 Å². The molecule has 3 amide bonds. The van der Waals surface area contributed by atoms with Gasteiger partial charge in [-0.1, -0.05) is 6.92 Å². The number of hydrogen-bond acceptors (Lipinski definition) is 3. The van der Waals surface area contributed by atoms with Crippen LogP contribution < -0.4 is 10.1 Å². The summed E-state index contributed by atoms with van der Waals surface area (Å²) >= 11 is 0. The minimum Gasteiger partial charge on any atom is -0.491 e. The average Bonchev–Trinajstić information content (AvgIpc) is 3.36. The fourth-order valence-corrected chi connectivity index (χ4v) is 3.60. The van der Waals surface area contributed by atoms with Crippen LogP contribution in [-0.4, -0.2) is 60.6 Å². The Morgan fingerprint density at radius 2 is 1.85 bits per heavy atom. The zero-order valence-corrected chi connectivity index (χ0v) is 15.6. The number of nitrogens with zero attached hydrogens (tertiary/aromatic N) is 2. The summed E-state index contributed by atoms with van der Waals surface area (Å²) in [7, 11) is 0. The van der Waals surface area contributed by atoms with Gasteiger partial charge in [0.2, 0.25) is 0 Å². The Hall–Kier alpha value is -2.24. The van der Waals surface area contributed by atoms with E-state index in [4.69, 9.17) is 4.74 Å². The van der Waals surface area contributed by atoms with Crippen molar-refractivity contribution in [2.24, 2.45) is 0 Å². The lowest BCUT2D eigenvalue weighted by Gasteiger charge is -2.25. The molecule has 0 aromatic heterocycles. The molecule has 0 bridgehead atoms. The van der Waals surface area contributed by atoms with Crippen LogP contribution in [0.1, 0.15) is 49.4 Å². The summed E-state index contributed by atoms with van der Waals surface area (Å²) in [5.41, 5.74) is 0.709. The topological polar surface area (TPSA) is 61.9 Å². The molecule has 1 aromatic rings. The van der Waals surface area contributed by atoms with Crippen molar-refractivity contribution in [1.29, 1.82) is 0 Å². The Balaban J connectivity index is 1.51. The number of carbonyl (C=O) groups is 2. The quantitative estimate of drug-likeness (QED) is 0.849. The minimum absolute atomic E-state index is 0.00417. The second-order valence-corrected chi connectivity index (χ2v) is 7.06. The van der Waals surface area contributed by atoms with Gasteiger partial charge < -0.3 is 19.9 Å². The first-order valence-corrected chi connectivity index (χ1v) is 9.75. The highest BCUT2D eigenvalue weighted by Crippen LogP contribution is 2.20. The second kappa shape index (κ2) is 8.92. The molecule has 6 heteroatoms. The van der Waals surface area contributed by atoms with Crippen molar-refractivity contribution in [2.75, 3.05) is 32.8 Å². The number of hydrogen-bond donors (Lipinski definition) is 1. The highest BCUT2D eigenvalue weighted by atomic mass is 16.5. The molecule has 26 heavy (non-hydrogen) atoms. The molecule has 6 nitrogen and oxygen atoms in total. The number of carbonyl (C=O) groups excluding carboxylic acids is 2. The number of benzene rings is 1. The summed E-state index contributed by atoms with van der Waals surface area (Å²) in [6, 6.07) is 7.47. The van der Waals surface area contributed by atoms with E-state index in [1.807, 2.05) is 41.0 Å². The normalized spacial score (nSPS) is 19.7. The molecule has 1 atom stereocenters. The molecule has 3 rings (SSSR count). The largest absolute Gasteiger partial charge is 0.491 e. The van der Waals surface area contributed by atoms with Crippen molar-refractivity contribution in [3.63, 3.8) is 0 Å². The molecule has 1 unspecified atom stereocenters. The molecule has 0 saturated carbocycles.